The molecule has 1 atom stereocenters. The van der Waals surface area contributed by atoms with Gasteiger partial charge in [-0.25, -0.2) is 4.39 Å². The number of fused-ring (bicyclic) bond motifs is 1. The maximum absolute atomic E-state index is 13.6. The molecular weight excluding hydrogens is 483 g/mol. The molecule has 194 valence electrons. The van der Waals surface area contributed by atoms with Crippen molar-refractivity contribution in [1.29, 1.82) is 0 Å². The van der Waals surface area contributed by atoms with Crippen molar-refractivity contribution in [3.63, 3.8) is 0 Å². The smallest absolute Gasteiger partial charge is 0.287 e. The monoisotopic (exact) mass is 512 g/mol. The van der Waals surface area contributed by atoms with E-state index in [0.717, 1.165) is 28.7 Å². The number of nitrogens with zero attached hydrogens (tertiary/aromatic N) is 1. The molecule has 4 aromatic rings. The van der Waals surface area contributed by atoms with Gasteiger partial charge in [0.2, 0.25) is 5.91 Å². The van der Waals surface area contributed by atoms with Crippen molar-refractivity contribution in [1.82, 2.24) is 10.2 Å². The van der Waals surface area contributed by atoms with Gasteiger partial charge in [0, 0.05) is 19.5 Å². The molecule has 3 aromatic carbocycles. The van der Waals surface area contributed by atoms with Crippen molar-refractivity contribution in [3.05, 3.63) is 125 Å². The Morgan fingerprint density at radius 3 is 2.58 bits per heavy atom. The average Bonchev–Trinajstić information content (AvgIpc) is 3.44. The Labute approximate surface area is 221 Å². The number of halogens is 1. The van der Waals surface area contributed by atoms with Crippen LogP contribution < -0.4 is 10.1 Å². The van der Waals surface area contributed by atoms with Gasteiger partial charge in [-0.3, -0.25) is 9.59 Å². The first-order valence-corrected chi connectivity index (χ1v) is 12.7. The SMILES string of the molecule is CCC(=O)N1CCc2ccc(OCc3ccc(C(=O)NCc4ccccc4)o3)cc2C1c1ccc(F)cc1. The molecule has 38 heavy (non-hydrogen) atoms. The molecule has 1 N–H and O–H groups in total. The molecule has 0 saturated carbocycles. The summed E-state index contributed by atoms with van der Waals surface area (Å²) in [5.74, 6) is 0.789. The van der Waals surface area contributed by atoms with Crippen molar-refractivity contribution in [3.8, 4) is 5.75 Å². The van der Waals surface area contributed by atoms with E-state index in [4.69, 9.17) is 9.15 Å². The van der Waals surface area contributed by atoms with Crippen molar-refractivity contribution in [2.75, 3.05) is 6.54 Å². The lowest BCUT2D eigenvalue weighted by molar-refractivity contribution is -0.132. The number of hydrogen-bond donors (Lipinski definition) is 1. The maximum atomic E-state index is 13.6. The molecule has 7 heteroatoms. The minimum absolute atomic E-state index is 0.0463. The lowest BCUT2D eigenvalue weighted by Crippen LogP contribution is -2.40. The van der Waals surface area contributed by atoms with E-state index >= 15 is 0 Å². The van der Waals surface area contributed by atoms with Gasteiger partial charge in [-0.15, -0.1) is 0 Å². The molecule has 2 heterocycles. The zero-order valence-corrected chi connectivity index (χ0v) is 21.2. The minimum atomic E-state index is -0.320. The number of hydrogen-bond acceptors (Lipinski definition) is 4. The Morgan fingerprint density at radius 2 is 1.82 bits per heavy atom. The zero-order chi connectivity index (χ0) is 26.5. The number of carbonyl (C=O) groups excluding carboxylic acids is 2. The van der Waals surface area contributed by atoms with Crippen molar-refractivity contribution in [2.45, 2.75) is 39.0 Å². The fraction of sp³-hybridized carbons (Fsp3) is 0.226. The van der Waals surface area contributed by atoms with Crippen LogP contribution in [0.15, 0.2) is 89.3 Å². The number of benzene rings is 3. The zero-order valence-electron chi connectivity index (χ0n) is 21.2. The summed E-state index contributed by atoms with van der Waals surface area (Å²) in [6.07, 6.45) is 1.13. The highest BCUT2D eigenvalue weighted by Gasteiger charge is 2.31. The third-order valence-electron chi connectivity index (χ3n) is 6.72. The normalized spacial score (nSPS) is 14.6. The van der Waals surface area contributed by atoms with E-state index in [-0.39, 0.29) is 36.0 Å². The predicted octanol–water partition coefficient (Wildman–Crippen LogP) is 5.81. The molecule has 1 aliphatic rings. The van der Waals surface area contributed by atoms with Gasteiger partial charge in [0.1, 0.15) is 23.9 Å². The second-order valence-electron chi connectivity index (χ2n) is 9.23. The molecule has 0 saturated heterocycles. The van der Waals surface area contributed by atoms with Gasteiger partial charge in [-0.1, -0.05) is 55.5 Å². The van der Waals surface area contributed by atoms with Gasteiger partial charge < -0.3 is 19.4 Å². The van der Waals surface area contributed by atoms with Crippen LogP contribution in [0.1, 0.15) is 58.0 Å². The van der Waals surface area contributed by atoms with Gasteiger partial charge in [0.05, 0.1) is 6.04 Å². The van der Waals surface area contributed by atoms with Crippen LogP contribution in [0.25, 0.3) is 0 Å². The lowest BCUT2D eigenvalue weighted by Gasteiger charge is -2.38. The molecule has 0 spiro atoms. The van der Waals surface area contributed by atoms with E-state index in [1.165, 1.54) is 12.1 Å². The average molecular weight is 513 g/mol. The van der Waals surface area contributed by atoms with E-state index in [1.807, 2.05) is 60.4 Å². The van der Waals surface area contributed by atoms with E-state index in [0.29, 0.717) is 31.0 Å². The van der Waals surface area contributed by atoms with Gasteiger partial charge in [-0.2, -0.15) is 0 Å². The Bertz CT molecular complexity index is 1420. The Kier molecular flexibility index (Phi) is 7.54. The first-order chi connectivity index (χ1) is 18.5. The number of rotatable bonds is 8. The quantitative estimate of drug-likeness (QED) is 0.323. The summed E-state index contributed by atoms with van der Waals surface area (Å²) in [4.78, 5) is 27.1. The molecular formula is C31H29FN2O4. The van der Waals surface area contributed by atoms with Crippen LogP contribution in [0.4, 0.5) is 4.39 Å². The number of ether oxygens (including phenoxy) is 1. The minimum Gasteiger partial charge on any atom is -0.486 e. The molecule has 1 unspecified atom stereocenters. The van der Waals surface area contributed by atoms with E-state index < -0.39 is 0 Å². The standard InChI is InChI=1S/C31H29FN2O4/c1-2-29(35)34-17-16-22-10-13-25(18-27(22)30(34)23-8-11-24(32)12-9-23)37-20-26-14-15-28(38-26)31(36)33-19-21-6-4-3-5-7-21/h3-15,18,30H,2,16-17,19-20H2,1H3,(H,33,36). The second-order valence-corrected chi connectivity index (χ2v) is 9.23. The summed E-state index contributed by atoms with van der Waals surface area (Å²) in [5.41, 5.74) is 3.94. The van der Waals surface area contributed by atoms with Crippen LogP contribution in [0.5, 0.6) is 5.75 Å². The predicted molar refractivity (Wildman–Crippen MR) is 141 cm³/mol. The molecule has 1 aliphatic heterocycles. The van der Waals surface area contributed by atoms with E-state index in [1.54, 1.807) is 24.3 Å². The summed E-state index contributed by atoms with van der Waals surface area (Å²) < 4.78 is 25.4. The van der Waals surface area contributed by atoms with Crippen LogP contribution in [0.2, 0.25) is 0 Å². The summed E-state index contributed by atoms with van der Waals surface area (Å²) in [6.45, 7) is 3.00. The number of amides is 2. The Hall–Kier alpha value is -4.39. The van der Waals surface area contributed by atoms with Crippen LogP contribution >= 0.6 is 0 Å². The number of furan rings is 1. The van der Waals surface area contributed by atoms with Gasteiger partial charge in [0.15, 0.2) is 5.76 Å². The van der Waals surface area contributed by atoms with Crippen molar-refractivity contribution < 1.29 is 23.1 Å². The molecule has 0 fully saturated rings. The lowest BCUT2D eigenvalue weighted by atomic mass is 9.87. The molecule has 6 nitrogen and oxygen atoms in total. The van der Waals surface area contributed by atoms with E-state index in [2.05, 4.69) is 5.32 Å². The Morgan fingerprint density at radius 1 is 1.03 bits per heavy atom. The highest BCUT2D eigenvalue weighted by Crippen LogP contribution is 2.37. The van der Waals surface area contributed by atoms with Crippen molar-refractivity contribution in [2.24, 2.45) is 0 Å². The summed E-state index contributed by atoms with van der Waals surface area (Å²) in [6, 6.07) is 24.8. The van der Waals surface area contributed by atoms with Crippen LogP contribution in [0, 0.1) is 5.82 Å². The van der Waals surface area contributed by atoms with Gasteiger partial charge in [-0.05, 0) is 65.1 Å². The first kappa shape index (κ1) is 25.3. The highest BCUT2D eigenvalue weighted by molar-refractivity contribution is 5.91. The summed E-state index contributed by atoms with van der Waals surface area (Å²) >= 11 is 0. The van der Waals surface area contributed by atoms with Crippen LogP contribution in [-0.4, -0.2) is 23.3 Å². The third-order valence-corrected chi connectivity index (χ3v) is 6.72. The fourth-order valence-electron chi connectivity index (χ4n) is 4.76. The first-order valence-electron chi connectivity index (χ1n) is 12.7. The fourth-order valence-corrected chi connectivity index (χ4v) is 4.76. The topological polar surface area (TPSA) is 71.8 Å². The Balaban J connectivity index is 1.29. The molecule has 0 bridgehead atoms. The van der Waals surface area contributed by atoms with Crippen LogP contribution in [-0.2, 0) is 24.4 Å². The molecule has 0 radical (unpaired) electrons. The highest BCUT2D eigenvalue weighted by atomic mass is 19.1. The molecule has 5 rings (SSSR count). The summed E-state index contributed by atoms with van der Waals surface area (Å²) in [7, 11) is 0. The maximum Gasteiger partial charge on any atom is 0.287 e. The molecule has 2 amide bonds. The third kappa shape index (κ3) is 5.62. The van der Waals surface area contributed by atoms with Gasteiger partial charge in [0.25, 0.3) is 5.91 Å². The molecule has 0 aliphatic carbocycles. The van der Waals surface area contributed by atoms with Crippen molar-refractivity contribution >= 4 is 11.8 Å². The number of nitrogens with one attached hydrogen (secondary N) is 1. The van der Waals surface area contributed by atoms with E-state index in [9.17, 15) is 14.0 Å². The van der Waals surface area contributed by atoms with Crippen LogP contribution in [0.3, 0.4) is 0 Å². The molecule has 1 aromatic heterocycles. The summed E-state index contributed by atoms with van der Waals surface area (Å²) in [5, 5.41) is 2.85. The second kappa shape index (κ2) is 11.3. The van der Waals surface area contributed by atoms with Gasteiger partial charge >= 0.3 is 0 Å². The number of carbonyl (C=O) groups is 2. The largest absolute Gasteiger partial charge is 0.486 e.